The van der Waals surface area contributed by atoms with Crippen LogP contribution in [0.5, 0.6) is 11.5 Å². The lowest BCUT2D eigenvalue weighted by Crippen LogP contribution is -2.12. The Bertz CT molecular complexity index is 1080. The molecule has 3 aromatic rings. The van der Waals surface area contributed by atoms with Crippen molar-refractivity contribution in [3.8, 4) is 11.5 Å². The molecule has 0 unspecified atom stereocenters. The van der Waals surface area contributed by atoms with Gasteiger partial charge in [0.05, 0.1) is 26.2 Å². The van der Waals surface area contributed by atoms with E-state index in [4.69, 9.17) is 9.47 Å². The molecular weight excluding hydrogens is 385 g/mol. The Morgan fingerprint density at radius 1 is 0.933 bits per heavy atom. The zero-order chi connectivity index (χ0) is 21.7. The SMILES string of the molecule is COc1c(Cc2ccc(F)cc2)ccc(C(=O)CC(=O)c2cc(C)ccn2)c1OC. The van der Waals surface area contributed by atoms with Gasteiger partial charge in [-0.25, -0.2) is 4.39 Å². The Kier molecular flexibility index (Phi) is 6.57. The minimum atomic E-state index is -0.383. The largest absolute Gasteiger partial charge is 0.493 e. The topological polar surface area (TPSA) is 65.5 Å². The van der Waals surface area contributed by atoms with Gasteiger partial charge in [-0.1, -0.05) is 18.2 Å². The van der Waals surface area contributed by atoms with Gasteiger partial charge in [0, 0.05) is 18.2 Å². The number of rotatable bonds is 8. The van der Waals surface area contributed by atoms with Crippen LogP contribution in [0.1, 0.15) is 44.0 Å². The Labute approximate surface area is 174 Å². The second-order valence-electron chi connectivity index (χ2n) is 6.88. The molecule has 0 amide bonds. The van der Waals surface area contributed by atoms with Crippen LogP contribution in [-0.2, 0) is 6.42 Å². The summed E-state index contributed by atoms with van der Waals surface area (Å²) >= 11 is 0. The normalized spacial score (nSPS) is 10.5. The van der Waals surface area contributed by atoms with E-state index in [1.165, 1.54) is 26.4 Å². The molecule has 0 aliphatic carbocycles. The van der Waals surface area contributed by atoms with Crippen molar-refractivity contribution in [3.63, 3.8) is 0 Å². The molecule has 1 heterocycles. The van der Waals surface area contributed by atoms with Crippen molar-refractivity contribution >= 4 is 11.6 Å². The lowest BCUT2D eigenvalue weighted by Gasteiger charge is -2.16. The van der Waals surface area contributed by atoms with Gasteiger partial charge in [-0.2, -0.15) is 0 Å². The summed E-state index contributed by atoms with van der Waals surface area (Å²) in [5.41, 5.74) is 3.08. The van der Waals surface area contributed by atoms with E-state index >= 15 is 0 Å². The van der Waals surface area contributed by atoms with Gasteiger partial charge in [-0.15, -0.1) is 0 Å². The molecular formula is C24H22FNO4. The molecule has 1 aromatic heterocycles. The third-order valence-corrected chi connectivity index (χ3v) is 4.73. The lowest BCUT2D eigenvalue weighted by molar-refractivity contribution is 0.0889. The molecule has 0 saturated carbocycles. The third-order valence-electron chi connectivity index (χ3n) is 4.73. The van der Waals surface area contributed by atoms with E-state index in [1.807, 2.05) is 6.92 Å². The van der Waals surface area contributed by atoms with E-state index in [2.05, 4.69) is 4.98 Å². The van der Waals surface area contributed by atoms with Crippen molar-refractivity contribution in [1.29, 1.82) is 0 Å². The summed E-state index contributed by atoms with van der Waals surface area (Å²) in [6, 6.07) is 13.0. The first kappa shape index (κ1) is 21.2. The van der Waals surface area contributed by atoms with Crippen LogP contribution < -0.4 is 9.47 Å². The maximum absolute atomic E-state index is 13.2. The average molecular weight is 407 g/mol. The van der Waals surface area contributed by atoms with E-state index in [1.54, 1.807) is 42.6 Å². The molecule has 0 aliphatic heterocycles. The summed E-state index contributed by atoms with van der Waals surface area (Å²) in [6.45, 7) is 1.86. The van der Waals surface area contributed by atoms with Gasteiger partial charge in [0.1, 0.15) is 11.5 Å². The first-order valence-corrected chi connectivity index (χ1v) is 9.40. The molecule has 3 rings (SSSR count). The molecule has 0 fully saturated rings. The van der Waals surface area contributed by atoms with Gasteiger partial charge in [-0.05, 0) is 48.4 Å². The van der Waals surface area contributed by atoms with E-state index in [0.29, 0.717) is 12.2 Å². The van der Waals surface area contributed by atoms with Gasteiger partial charge in [0.2, 0.25) is 0 Å². The van der Waals surface area contributed by atoms with Gasteiger partial charge < -0.3 is 9.47 Å². The van der Waals surface area contributed by atoms with E-state index in [-0.39, 0.29) is 40.8 Å². The number of ketones is 2. The first-order chi connectivity index (χ1) is 14.4. The van der Waals surface area contributed by atoms with Crippen molar-refractivity contribution < 1.29 is 23.5 Å². The highest BCUT2D eigenvalue weighted by Gasteiger charge is 2.23. The molecule has 0 bridgehead atoms. The van der Waals surface area contributed by atoms with Crippen molar-refractivity contribution in [2.24, 2.45) is 0 Å². The Hall–Kier alpha value is -3.54. The Morgan fingerprint density at radius 2 is 1.63 bits per heavy atom. The number of benzene rings is 2. The van der Waals surface area contributed by atoms with Crippen LogP contribution >= 0.6 is 0 Å². The third kappa shape index (κ3) is 4.71. The number of ether oxygens (including phenoxy) is 2. The zero-order valence-corrected chi connectivity index (χ0v) is 17.1. The van der Waals surface area contributed by atoms with Crippen LogP contribution in [-0.4, -0.2) is 30.8 Å². The van der Waals surface area contributed by atoms with Gasteiger partial charge in [-0.3, -0.25) is 14.6 Å². The Balaban J connectivity index is 1.88. The fourth-order valence-corrected chi connectivity index (χ4v) is 3.23. The first-order valence-electron chi connectivity index (χ1n) is 9.40. The van der Waals surface area contributed by atoms with Crippen LogP contribution in [0.15, 0.2) is 54.7 Å². The number of pyridine rings is 1. The summed E-state index contributed by atoms with van der Waals surface area (Å²) in [7, 11) is 2.93. The molecule has 0 spiro atoms. The number of hydrogen-bond donors (Lipinski definition) is 0. The molecule has 0 saturated heterocycles. The number of aryl methyl sites for hydroxylation is 1. The van der Waals surface area contributed by atoms with Crippen LogP contribution in [0.4, 0.5) is 4.39 Å². The number of methoxy groups -OCH3 is 2. The predicted octanol–water partition coefficient (Wildman–Crippen LogP) is 4.59. The number of hydrogen-bond acceptors (Lipinski definition) is 5. The average Bonchev–Trinajstić information content (AvgIpc) is 2.74. The fourth-order valence-electron chi connectivity index (χ4n) is 3.23. The fraction of sp³-hybridized carbons (Fsp3) is 0.208. The van der Waals surface area contributed by atoms with Crippen LogP contribution in [0.3, 0.4) is 0 Å². The smallest absolute Gasteiger partial charge is 0.188 e. The van der Waals surface area contributed by atoms with Crippen LogP contribution in [0.2, 0.25) is 0 Å². The molecule has 6 heteroatoms. The maximum Gasteiger partial charge on any atom is 0.188 e. The molecule has 0 aliphatic rings. The van der Waals surface area contributed by atoms with Crippen LogP contribution in [0, 0.1) is 12.7 Å². The summed E-state index contributed by atoms with van der Waals surface area (Å²) in [5.74, 6) is -0.371. The van der Waals surface area contributed by atoms with Crippen molar-refractivity contribution in [1.82, 2.24) is 4.98 Å². The van der Waals surface area contributed by atoms with Gasteiger partial charge >= 0.3 is 0 Å². The summed E-state index contributed by atoms with van der Waals surface area (Å²) in [5, 5.41) is 0. The van der Waals surface area contributed by atoms with Crippen molar-refractivity contribution in [3.05, 3.63) is 88.5 Å². The number of nitrogens with zero attached hydrogens (tertiary/aromatic N) is 1. The molecule has 5 nitrogen and oxygen atoms in total. The second-order valence-corrected chi connectivity index (χ2v) is 6.88. The summed E-state index contributed by atoms with van der Waals surface area (Å²) < 4.78 is 24.1. The van der Waals surface area contributed by atoms with Crippen LogP contribution in [0.25, 0.3) is 0 Å². The zero-order valence-electron chi connectivity index (χ0n) is 17.1. The van der Waals surface area contributed by atoms with E-state index < -0.39 is 0 Å². The van der Waals surface area contributed by atoms with Gasteiger partial charge in [0.25, 0.3) is 0 Å². The highest BCUT2D eigenvalue weighted by Crippen LogP contribution is 2.36. The highest BCUT2D eigenvalue weighted by molar-refractivity contribution is 6.14. The van der Waals surface area contributed by atoms with E-state index in [0.717, 1.165) is 16.7 Å². The van der Waals surface area contributed by atoms with Crippen molar-refractivity contribution in [2.45, 2.75) is 19.8 Å². The highest BCUT2D eigenvalue weighted by atomic mass is 19.1. The number of halogens is 1. The molecule has 2 aromatic carbocycles. The van der Waals surface area contributed by atoms with E-state index in [9.17, 15) is 14.0 Å². The molecule has 154 valence electrons. The quantitative estimate of drug-likeness (QED) is 0.404. The standard InChI is InChI=1S/C24H22FNO4/c1-15-10-11-26-20(12-15)22(28)14-21(27)19-9-6-17(23(29-2)24(19)30-3)13-16-4-7-18(25)8-5-16/h4-12H,13-14H2,1-3H3. The number of Topliss-reactive ketones (excluding diaryl/α,β-unsaturated/α-hetero) is 2. The maximum atomic E-state index is 13.2. The molecule has 30 heavy (non-hydrogen) atoms. The Morgan fingerprint density at radius 3 is 2.27 bits per heavy atom. The summed E-state index contributed by atoms with van der Waals surface area (Å²) in [4.78, 5) is 29.4. The second kappa shape index (κ2) is 9.31. The minimum absolute atomic E-state index is 0.252. The van der Waals surface area contributed by atoms with Crippen molar-refractivity contribution in [2.75, 3.05) is 14.2 Å². The lowest BCUT2D eigenvalue weighted by atomic mass is 9.97. The molecule has 0 N–H and O–H groups in total. The number of aromatic nitrogens is 1. The predicted molar refractivity (Wildman–Crippen MR) is 111 cm³/mol. The molecule has 0 atom stereocenters. The monoisotopic (exact) mass is 407 g/mol. The molecule has 0 radical (unpaired) electrons. The van der Waals surface area contributed by atoms with Gasteiger partial charge in [0.15, 0.2) is 23.1 Å². The number of carbonyl (C=O) groups excluding carboxylic acids is 2. The summed E-state index contributed by atoms with van der Waals surface area (Å²) in [6.07, 6.45) is 1.69. The minimum Gasteiger partial charge on any atom is -0.493 e. The number of carbonyl (C=O) groups is 2.